The highest BCUT2D eigenvalue weighted by Gasteiger charge is 2.21. The van der Waals surface area contributed by atoms with Gasteiger partial charge >= 0.3 is 0 Å². The van der Waals surface area contributed by atoms with E-state index in [1.54, 1.807) is 29.3 Å². The summed E-state index contributed by atoms with van der Waals surface area (Å²) in [5, 5.41) is 0. The predicted molar refractivity (Wildman–Crippen MR) is 106 cm³/mol. The molecule has 3 aromatic rings. The van der Waals surface area contributed by atoms with Gasteiger partial charge in [0, 0.05) is 21.9 Å². The number of pyridine rings is 1. The molecule has 0 bridgehead atoms. The summed E-state index contributed by atoms with van der Waals surface area (Å²) >= 11 is 3.44. The maximum absolute atomic E-state index is 13.3. The first kappa shape index (κ1) is 17.5. The minimum Gasteiger partial charge on any atom is -0.486 e. The molecule has 4 rings (SSSR count). The fourth-order valence-corrected chi connectivity index (χ4v) is 3.15. The monoisotopic (exact) mass is 424 g/mol. The van der Waals surface area contributed by atoms with Crippen molar-refractivity contribution in [3.8, 4) is 11.5 Å². The lowest BCUT2D eigenvalue weighted by Crippen LogP contribution is -2.31. The summed E-state index contributed by atoms with van der Waals surface area (Å²) in [5.74, 6) is 1.14. The third-order valence-electron chi connectivity index (χ3n) is 4.22. The molecule has 1 amide bonds. The molecule has 0 saturated heterocycles. The number of hydrogen-bond donors (Lipinski definition) is 0. The predicted octanol–water partition coefficient (Wildman–Crippen LogP) is 4.46. The van der Waals surface area contributed by atoms with Crippen LogP contribution in [0.1, 0.15) is 16.1 Å². The Bertz CT molecular complexity index is 945. The summed E-state index contributed by atoms with van der Waals surface area (Å²) in [7, 11) is 0. The second-order valence-corrected chi connectivity index (χ2v) is 6.96. The van der Waals surface area contributed by atoms with Crippen LogP contribution in [0.2, 0.25) is 0 Å². The Balaban J connectivity index is 1.68. The number of carbonyl (C=O) groups is 1. The van der Waals surface area contributed by atoms with Gasteiger partial charge < -0.3 is 14.4 Å². The molecule has 2 aromatic carbocycles. The molecule has 136 valence electrons. The average Bonchev–Trinajstić information content (AvgIpc) is 2.73. The number of fused-ring (bicyclic) bond motifs is 1. The largest absolute Gasteiger partial charge is 0.486 e. The number of hydrogen-bond acceptors (Lipinski definition) is 4. The molecule has 1 aliphatic rings. The van der Waals surface area contributed by atoms with Gasteiger partial charge in [0.2, 0.25) is 0 Å². The summed E-state index contributed by atoms with van der Waals surface area (Å²) in [6.45, 7) is 1.37. The lowest BCUT2D eigenvalue weighted by atomic mass is 10.1. The maximum atomic E-state index is 13.3. The Labute approximate surface area is 165 Å². The fraction of sp³-hybridized carbons (Fsp3) is 0.143. The van der Waals surface area contributed by atoms with Crippen molar-refractivity contribution in [3.05, 3.63) is 82.6 Å². The first-order valence-corrected chi connectivity index (χ1v) is 9.37. The molecule has 5 nitrogen and oxygen atoms in total. The Morgan fingerprint density at radius 1 is 1.00 bits per heavy atom. The SMILES string of the molecule is O=C(c1ccc2c(c1)OCCO2)N(Cc1ccccn1)c1ccc(Br)cc1. The minimum atomic E-state index is -0.125. The number of aromatic nitrogens is 1. The Morgan fingerprint density at radius 3 is 2.52 bits per heavy atom. The fourth-order valence-electron chi connectivity index (χ4n) is 2.89. The number of benzene rings is 2. The van der Waals surface area contributed by atoms with Crippen molar-refractivity contribution >= 4 is 27.5 Å². The van der Waals surface area contributed by atoms with Gasteiger partial charge in [-0.2, -0.15) is 0 Å². The van der Waals surface area contributed by atoms with Crippen molar-refractivity contribution in [2.24, 2.45) is 0 Å². The quantitative estimate of drug-likeness (QED) is 0.620. The molecule has 0 fully saturated rings. The molecule has 1 aromatic heterocycles. The van der Waals surface area contributed by atoms with Gasteiger partial charge in [-0.3, -0.25) is 9.78 Å². The Kier molecular flexibility index (Phi) is 5.07. The zero-order valence-electron chi connectivity index (χ0n) is 14.5. The van der Waals surface area contributed by atoms with Gasteiger partial charge in [-0.15, -0.1) is 0 Å². The number of anilines is 1. The summed E-state index contributed by atoms with van der Waals surface area (Å²) in [6, 6.07) is 18.6. The number of rotatable bonds is 4. The molecule has 0 aliphatic carbocycles. The van der Waals surface area contributed by atoms with E-state index < -0.39 is 0 Å². The van der Waals surface area contributed by atoms with Crippen molar-refractivity contribution in [2.75, 3.05) is 18.1 Å². The zero-order chi connectivity index (χ0) is 18.6. The molecular formula is C21H17BrN2O3. The second-order valence-electron chi connectivity index (χ2n) is 6.05. The van der Waals surface area contributed by atoms with Crippen LogP contribution in [0.4, 0.5) is 5.69 Å². The molecule has 0 radical (unpaired) electrons. The topological polar surface area (TPSA) is 51.7 Å². The molecule has 6 heteroatoms. The molecular weight excluding hydrogens is 408 g/mol. The van der Waals surface area contributed by atoms with Crippen molar-refractivity contribution in [1.82, 2.24) is 4.98 Å². The van der Waals surface area contributed by atoms with Crippen molar-refractivity contribution in [2.45, 2.75) is 6.54 Å². The summed E-state index contributed by atoms with van der Waals surface area (Å²) in [5.41, 5.74) is 2.15. The van der Waals surface area contributed by atoms with Crippen LogP contribution in [0.25, 0.3) is 0 Å². The van der Waals surface area contributed by atoms with Gasteiger partial charge in [0.25, 0.3) is 5.91 Å². The van der Waals surface area contributed by atoms with Crippen LogP contribution >= 0.6 is 15.9 Å². The summed E-state index contributed by atoms with van der Waals surface area (Å²) < 4.78 is 12.1. The first-order chi connectivity index (χ1) is 13.2. The molecule has 2 heterocycles. The van der Waals surface area contributed by atoms with Crippen molar-refractivity contribution < 1.29 is 14.3 Å². The number of carbonyl (C=O) groups excluding carboxylic acids is 1. The van der Waals surface area contributed by atoms with E-state index in [1.165, 1.54) is 0 Å². The van der Waals surface area contributed by atoms with E-state index in [0.717, 1.165) is 15.9 Å². The lowest BCUT2D eigenvalue weighted by molar-refractivity contribution is 0.0983. The second kappa shape index (κ2) is 7.80. The normalized spacial score (nSPS) is 12.5. The first-order valence-electron chi connectivity index (χ1n) is 8.58. The smallest absolute Gasteiger partial charge is 0.258 e. The summed E-state index contributed by atoms with van der Waals surface area (Å²) in [6.07, 6.45) is 1.73. The van der Waals surface area contributed by atoms with E-state index in [1.807, 2.05) is 42.5 Å². The van der Waals surface area contributed by atoms with Crippen LogP contribution in [0.3, 0.4) is 0 Å². The zero-order valence-corrected chi connectivity index (χ0v) is 16.1. The molecule has 0 unspecified atom stereocenters. The third-order valence-corrected chi connectivity index (χ3v) is 4.75. The molecule has 27 heavy (non-hydrogen) atoms. The highest BCUT2D eigenvalue weighted by Crippen LogP contribution is 2.32. The van der Waals surface area contributed by atoms with E-state index in [0.29, 0.717) is 36.8 Å². The lowest BCUT2D eigenvalue weighted by Gasteiger charge is -2.24. The van der Waals surface area contributed by atoms with Crippen molar-refractivity contribution in [1.29, 1.82) is 0 Å². The molecule has 0 atom stereocenters. The highest BCUT2D eigenvalue weighted by atomic mass is 79.9. The molecule has 0 N–H and O–H groups in total. The number of amides is 1. The number of ether oxygens (including phenoxy) is 2. The van der Waals surface area contributed by atoms with Gasteiger partial charge in [-0.1, -0.05) is 22.0 Å². The molecule has 0 saturated carbocycles. The van der Waals surface area contributed by atoms with Crippen molar-refractivity contribution in [3.63, 3.8) is 0 Å². The third kappa shape index (κ3) is 3.95. The van der Waals surface area contributed by atoms with E-state index >= 15 is 0 Å². The van der Waals surface area contributed by atoms with Crippen LogP contribution < -0.4 is 14.4 Å². The standard InChI is InChI=1S/C21H17BrN2O3/c22-16-5-7-18(8-6-16)24(14-17-3-1-2-10-23-17)21(25)15-4-9-19-20(13-15)27-12-11-26-19/h1-10,13H,11-12,14H2. The Hall–Kier alpha value is -2.86. The van der Waals surface area contributed by atoms with Crippen LogP contribution in [0.15, 0.2) is 71.3 Å². The summed E-state index contributed by atoms with van der Waals surface area (Å²) in [4.78, 5) is 19.4. The van der Waals surface area contributed by atoms with E-state index in [9.17, 15) is 4.79 Å². The number of nitrogens with zero attached hydrogens (tertiary/aromatic N) is 2. The van der Waals surface area contributed by atoms with Gasteiger partial charge in [0.15, 0.2) is 11.5 Å². The van der Waals surface area contributed by atoms with Gasteiger partial charge in [-0.25, -0.2) is 0 Å². The van der Waals surface area contributed by atoms with E-state index in [4.69, 9.17) is 9.47 Å². The molecule has 0 spiro atoms. The highest BCUT2D eigenvalue weighted by molar-refractivity contribution is 9.10. The van der Waals surface area contributed by atoms with Crippen LogP contribution in [-0.4, -0.2) is 24.1 Å². The van der Waals surface area contributed by atoms with E-state index in [2.05, 4.69) is 20.9 Å². The van der Waals surface area contributed by atoms with Crippen LogP contribution in [-0.2, 0) is 6.54 Å². The van der Waals surface area contributed by atoms with Crippen LogP contribution in [0.5, 0.6) is 11.5 Å². The van der Waals surface area contributed by atoms with Gasteiger partial charge in [-0.05, 0) is 54.6 Å². The van der Waals surface area contributed by atoms with Crippen LogP contribution in [0, 0.1) is 0 Å². The molecule has 1 aliphatic heterocycles. The Morgan fingerprint density at radius 2 is 1.78 bits per heavy atom. The van der Waals surface area contributed by atoms with E-state index in [-0.39, 0.29) is 5.91 Å². The maximum Gasteiger partial charge on any atom is 0.258 e. The average molecular weight is 425 g/mol. The van der Waals surface area contributed by atoms with Gasteiger partial charge in [0.1, 0.15) is 13.2 Å². The number of halogens is 1. The minimum absolute atomic E-state index is 0.125. The van der Waals surface area contributed by atoms with Gasteiger partial charge in [0.05, 0.1) is 12.2 Å².